The Morgan fingerprint density at radius 1 is 1.37 bits per heavy atom. The van der Waals surface area contributed by atoms with Gasteiger partial charge in [0, 0.05) is 5.02 Å². The van der Waals surface area contributed by atoms with Crippen LogP contribution in [0.4, 0.5) is 13.2 Å². The van der Waals surface area contributed by atoms with E-state index in [1.807, 2.05) is 0 Å². The van der Waals surface area contributed by atoms with Gasteiger partial charge < -0.3 is 10.3 Å². The van der Waals surface area contributed by atoms with Gasteiger partial charge in [-0.3, -0.25) is 0 Å². The van der Waals surface area contributed by atoms with Crippen LogP contribution in [0, 0.1) is 6.92 Å². The largest absolute Gasteiger partial charge is 0.471 e. The summed E-state index contributed by atoms with van der Waals surface area (Å²) in [5, 5.41) is 3.70. The maximum atomic E-state index is 12.3. The number of nitrogens with two attached hydrogens (primary N) is 1. The molecule has 0 amide bonds. The van der Waals surface area contributed by atoms with Crippen molar-refractivity contribution in [2.24, 2.45) is 5.73 Å². The molecule has 102 valence electrons. The van der Waals surface area contributed by atoms with Crippen LogP contribution in [-0.4, -0.2) is 10.1 Å². The molecule has 1 atom stereocenters. The summed E-state index contributed by atoms with van der Waals surface area (Å²) in [4.78, 5) is 3.24. The van der Waals surface area contributed by atoms with Crippen LogP contribution < -0.4 is 5.73 Å². The number of benzene rings is 1. The van der Waals surface area contributed by atoms with Gasteiger partial charge in [-0.05, 0) is 24.1 Å². The van der Waals surface area contributed by atoms with Crippen molar-refractivity contribution in [3.63, 3.8) is 0 Å². The molecule has 0 fully saturated rings. The fourth-order valence-corrected chi connectivity index (χ4v) is 1.62. The monoisotopic (exact) mass is 291 g/mol. The molecule has 1 heterocycles. The van der Waals surface area contributed by atoms with Gasteiger partial charge in [-0.15, -0.1) is 0 Å². The van der Waals surface area contributed by atoms with Crippen molar-refractivity contribution in [1.29, 1.82) is 0 Å². The SMILES string of the molecule is Cc1ccc(C(N)c2noc(C(F)(F)F)n2)cc1Cl. The van der Waals surface area contributed by atoms with E-state index in [4.69, 9.17) is 17.3 Å². The van der Waals surface area contributed by atoms with E-state index in [0.29, 0.717) is 10.6 Å². The van der Waals surface area contributed by atoms with E-state index >= 15 is 0 Å². The van der Waals surface area contributed by atoms with Crippen LogP contribution in [0.25, 0.3) is 0 Å². The molecule has 1 unspecified atom stereocenters. The number of halogens is 4. The van der Waals surface area contributed by atoms with E-state index in [1.165, 1.54) is 0 Å². The van der Waals surface area contributed by atoms with Crippen molar-refractivity contribution in [3.05, 3.63) is 46.1 Å². The molecule has 8 heteroatoms. The molecule has 2 aromatic rings. The van der Waals surface area contributed by atoms with Crippen LogP contribution in [-0.2, 0) is 6.18 Å². The van der Waals surface area contributed by atoms with Crippen LogP contribution >= 0.6 is 11.6 Å². The van der Waals surface area contributed by atoms with Gasteiger partial charge in [0.05, 0.1) is 6.04 Å². The highest BCUT2D eigenvalue weighted by Crippen LogP contribution is 2.29. The summed E-state index contributed by atoms with van der Waals surface area (Å²) in [5.74, 6) is -1.66. The molecular formula is C11H9ClF3N3O. The molecule has 0 aliphatic heterocycles. The van der Waals surface area contributed by atoms with E-state index < -0.39 is 18.1 Å². The molecule has 19 heavy (non-hydrogen) atoms. The quantitative estimate of drug-likeness (QED) is 0.923. The maximum Gasteiger partial charge on any atom is 0.471 e. The van der Waals surface area contributed by atoms with E-state index in [0.717, 1.165) is 5.56 Å². The molecule has 0 saturated carbocycles. The second-order valence-electron chi connectivity index (χ2n) is 3.94. The molecular weight excluding hydrogens is 283 g/mol. The molecule has 0 aliphatic carbocycles. The van der Waals surface area contributed by atoms with E-state index in [-0.39, 0.29) is 5.82 Å². The van der Waals surface area contributed by atoms with Gasteiger partial charge in [-0.1, -0.05) is 28.9 Å². The van der Waals surface area contributed by atoms with E-state index in [1.54, 1.807) is 25.1 Å². The van der Waals surface area contributed by atoms with Gasteiger partial charge in [0.15, 0.2) is 5.82 Å². The first kappa shape index (κ1) is 13.8. The van der Waals surface area contributed by atoms with Gasteiger partial charge in [0.25, 0.3) is 0 Å². The van der Waals surface area contributed by atoms with Gasteiger partial charge >= 0.3 is 12.1 Å². The zero-order valence-electron chi connectivity index (χ0n) is 9.70. The van der Waals surface area contributed by atoms with Crippen LogP contribution in [0.15, 0.2) is 22.7 Å². The molecule has 1 aromatic heterocycles. The number of nitrogens with zero attached hydrogens (tertiary/aromatic N) is 2. The van der Waals surface area contributed by atoms with Crippen molar-refractivity contribution in [2.45, 2.75) is 19.1 Å². The lowest BCUT2D eigenvalue weighted by molar-refractivity contribution is -0.159. The normalized spacial score (nSPS) is 13.6. The Balaban J connectivity index is 2.31. The Kier molecular flexibility index (Phi) is 3.51. The van der Waals surface area contributed by atoms with Crippen molar-refractivity contribution in [1.82, 2.24) is 10.1 Å². The fourth-order valence-electron chi connectivity index (χ4n) is 1.43. The third-order valence-corrected chi connectivity index (χ3v) is 2.92. The minimum absolute atomic E-state index is 0.243. The third-order valence-electron chi connectivity index (χ3n) is 2.52. The molecule has 0 radical (unpaired) electrons. The van der Waals surface area contributed by atoms with Crippen molar-refractivity contribution < 1.29 is 17.7 Å². The Morgan fingerprint density at radius 3 is 2.58 bits per heavy atom. The maximum absolute atomic E-state index is 12.3. The summed E-state index contributed by atoms with van der Waals surface area (Å²) < 4.78 is 41.1. The molecule has 1 aromatic carbocycles. The van der Waals surface area contributed by atoms with Gasteiger partial charge in [0.2, 0.25) is 0 Å². The Bertz CT molecular complexity index is 597. The second kappa shape index (κ2) is 4.82. The highest BCUT2D eigenvalue weighted by molar-refractivity contribution is 6.31. The lowest BCUT2D eigenvalue weighted by Crippen LogP contribution is -2.14. The standard InChI is InChI=1S/C11H9ClF3N3O/c1-5-2-3-6(4-7(5)12)8(16)9-17-10(19-18-9)11(13,14)15/h2-4,8H,16H2,1H3. The molecule has 0 aliphatic rings. The molecule has 4 nitrogen and oxygen atoms in total. The summed E-state index contributed by atoms with van der Waals surface area (Å²) in [6.45, 7) is 1.80. The molecule has 2 rings (SSSR count). The van der Waals surface area contributed by atoms with Gasteiger partial charge in [-0.2, -0.15) is 18.2 Å². The number of hydrogen-bond acceptors (Lipinski definition) is 4. The number of hydrogen-bond donors (Lipinski definition) is 1. The van der Waals surface area contributed by atoms with Gasteiger partial charge in [-0.25, -0.2) is 0 Å². The number of rotatable bonds is 2. The number of alkyl halides is 3. The second-order valence-corrected chi connectivity index (χ2v) is 4.35. The van der Waals surface area contributed by atoms with E-state index in [9.17, 15) is 13.2 Å². The fraction of sp³-hybridized carbons (Fsp3) is 0.273. The predicted molar refractivity (Wildman–Crippen MR) is 61.5 cm³/mol. The summed E-state index contributed by atoms with van der Waals surface area (Å²) in [7, 11) is 0. The summed E-state index contributed by atoms with van der Waals surface area (Å²) in [6.07, 6.45) is -4.68. The molecule has 2 N–H and O–H groups in total. The van der Waals surface area contributed by atoms with Gasteiger partial charge in [0.1, 0.15) is 0 Å². The first-order valence-electron chi connectivity index (χ1n) is 5.21. The highest BCUT2D eigenvalue weighted by atomic mass is 35.5. The lowest BCUT2D eigenvalue weighted by Gasteiger charge is -2.08. The zero-order valence-corrected chi connectivity index (χ0v) is 10.5. The summed E-state index contributed by atoms with van der Waals surface area (Å²) in [6, 6.07) is 3.99. The molecule has 0 saturated heterocycles. The van der Waals surface area contributed by atoms with Crippen LogP contribution in [0.3, 0.4) is 0 Å². The van der Waals surface area contributed by atoms with Crippen LogP contribution in [0.1, 0.15) is 28.9 Å². The number of aryl methyl sites for hydroxylation is 1. The predicted octanol–water partition coefficient (Wildman–Crippen LogP) is 3.10. The third kappa shape index (κ3) is 2.87. The van der Waals surface area contributed by atoms with Crippen LogP contribution in [0.2, 0.25) is 5.02 Å². The minimum atomic E-state index is -4.68. The van der Waals surface area contributed by atoms with Crippen LogP contribution in [0.5, 0.6) is 0 Å². The van der Waals surface area contributed by atoms with Crippen molar-refractivity contribution in [3.8, 4) is 0 Å². The van der Waals surface area contributed by atoms with Crippen molar-refractivity contribution >= 4 is 11.6 Å². The van der Waals surface area contributed by atoms with Crippen molar-refractivity contribution in [2.75, 3.05) is 0 Å². The average molecular weight is 292 g/mol. The number of aromatic nitrogens is 2. The molecule has 0 spiro atoms. The average Bonchev–Trinajstić information content (AvgIpc) is 2.81. The Hall–Kier alpha value is -1.60. The lowest BCUT2D eigenvalue weighted by atomic mass is 10.1. The molecule has 0 bridgehead atoms. The first-order chi connectivity index (χ1) is 8.79. The summed E-state index contributed by atoms with van der Waals surface area (Å²) >= 11 is 5.92. The Labute approximate surface area is 111 Å². The topological polar surface area (TPSA) is 64.9 Å². The van der Waals surface area contributed by atoms with E-state index in [2.05, 4.69) is 14.7 Å². The smallest absolute Gasteiger partial charge is 0.329 e. The first-order valence-corrected chi connectivity index (χ1v) is 5.59. The Morgan fingerprint density at radius 2 is 2.05 bits per heavy atom. The minimum Gasteiger partial charge on any atom is -0.329 e. The summed E-state index contributed by atoms with van der Waals surface area (Å²) in [5.41, 5.74) is 7.12. The highest BCUT2D eigenvalue weighted by Gasteiger charge is 2.39. The zero-order chi connectivity index (χ0) is 14.2.